The molecule has 0 aliphatic carbocycles. The van der Waals surface area contributed by atoms with Crippen LogP contribution in [0.1, 0.15) is 37.8 Å². The van der Waals surface area contributed by atoms with Crippen molar-refractivity contribution in [1.82, 2.24) is 10.2 Å². The average molecular weight is 276 g/mol. The number of nitrogens with one attached hydrogen (secondary N) is 1. The van der Waals surface area contributed by atoms with Gasteiger partial charge in [0, 0.05) is 12.6 Å². The lowest BCUT2D eigenvalue weighted by Gasteiger charge is -2.33. The summed E-state index contributed by atoms with van der Waals surface area (Å²) in [7, 11) is 3.97. The number of ether oxygens (including phenoxy) is 1. The van der Waals surface area contributed by atoms with E-state index in [2.05, 4.69) is 48.5 Å². The number of benzene rings is 1. The second kappa shape index (κ2) is 7.65. The molecule has 1 aliphatic heterocycles. The Balaban J connectivity index is 1.98. The molecule has 2 unspecified atom stereocenters. The van der Waals surface area contributed by atoms with Gasteiger partial charge >= 0.3 is 0 Å². The molecule has 0 amide bonds. The minimum absolute atomic E-state index is 0.503. The maximum absolute atomic E-state index is 5.24. The van der Waals surface area contributed by atoms with Crippen molar-refractivity contribution in [3.63, 3.8) is 0 Å². The van der Waals surface area contributed by atoms with Crippen molar-refractivity contribution in [3.05, 3.63) is 29.8 Å². The number of piperidine rings is 1. The third-order valence-corrected chi connectivity index (χ3v) is 4.36. The van der Waals surface area contributed by atoms with Gasteiger partial charge in [-0.15, -0.1) is 0 Å². The maximum Gasteiger partial charge on any atom is 0.118 e. The molecule has 0 bridgehead atoms. The second-order valence-electron chi connectivity index (χ2n) is 5.85. The van der Waals surface area contributed by atoms with Crippen LogP contribution in [0.2, 0.25) is 0 Å². The fraction of sp³-hybridized carbons (Fsp3) is 0.647. The normalized spacial score (nSPS) is 20.9. The van der Waals surface area contributed by atoms with E-state index in [1.807, 2.05) is 0 Å². The third kappa shape index (κ3) is 3.97. The molecule has 2 atom stereocenters. The Labute approximate surface area is 123 Å². The fourth-order valence-corrected chi connectivity index (χ4v) is 3.24. The molecule has 0 radical (unpaired) electrons. The smallest absolute Gasteiger partial charge is 0.118 e. The quantitative estimate of drug-likeness (QED) is 0.864. The van der Waals surface area contributed by atoms with Crippen molar-refractivity contribution in [3.8, 4) is 5.75 Å². The standard InChI is InChI=1S/C17H28N2O/c1-4-17(15-7-9-16(20-3)10-8-15)19(2)13-14-6-5-11-18-12-14/h7-10,14,17-18H,4-6,11-13H2,1-3H3. The zero-order valence-electron chi connectivity index (χ0n) is 13.1. The van der Waals surface area contributed by atoms with Gasteiger partial charge in [-0.25, -0.2) is 0 Å². The molecular formula is C17H28N2O. The molecule has 1 aromatic rings. The van der Waals surface area contributed by atoms with E-state index >= 15 is 0 Å². The summed E-state index contributed by atoms with van der Waals surface area (Å²) in [6.45, 7) is 5.81. The lowest BCUT2D eigenvalue weighted by molar-refractivity contribution is 0.185. The molecule has 1 fully saturated rings. The molecule has 2 rings (SSSR count). The summed E-state index contributed by atoms with van der Waals surface area (Å²) in [5.41, 5.74) is 1.39. The van der Waals surface area contributed by atoms with Gasteiger partial charge in [0.25, 0.3) is 0 Å². The van der Waals surface area contributed by atoms with E-state index in [1.54, 1.807) is 7.11 Å². The SMILES string of the molecule is CCC(c1ccc(OC)cc1)N(C)CC1CCCNC1. The van der Waals surface area contributed by atoms with Crippen LogP contribution in [0, 0.1) is 5.92 Å². The molecule has 1 saturated heterocycles. The van der Waals surface area contributed by atoms with Gasteiger partial charge in [0.15, 0.2) is 0 Å². The zero-order valence-corrected chi connectivity index (χ0v) is 13.1. The Hall–Kier alpha value is -1.06. The van der Waals surface area contributed by atoms with E-state index in [0.717, 1.165) is 18.1 Å². The van der Waals surface area contributed by atoms with Crippen LogP contribution >= 0.6 is 0 Å². The van der Waals surface area contributed by atoms with E-state index in [4.69, 9.17) is 4.74 Å². The highest BCUT2D eigenvalue weighted by molar-refractivity contribution is 5.29. The van der Waals surface area contributed by atoms with Crippen molar-refractivity contribution >= 4 is 0 Å². The molecule has 1 N–H and O–H groups in total. The van der Waals surface area contributed by atoms with Gasteiger partial charge in [0.1, 0.15) is 5.75 Å². The first-order valence-corrected chi connectivity index (χ1v) is 7.79. The highest BCUT2D eigenvalue weighted by Crippen LogP contribution is 2.26. The first kappa shape index (κ1) is 15.3. The molecule has 3 heteroatoms. The molecule has 1 aromatic carbocycles. The minimum atomic E-state index is 0.503. The number of hydrogen-bond acceptors (Lipinski definition) is 3. The van der Waals surface area contributed by atoms with Crippen LogP contribution in [0.15, 0.2) is 24.3 Å². The highest BCUT2D eigenvalue weighted by atomic mass is 16.5. The topological polar surface area (TPSA) is 24.5 Å². The van der Waals surface area contributed by atoms with Crippen molar-refractivity contribution < 1.29 is 4.74 Å². The molecule has 3 nitrogen and oxygen atoms in total. The number of nitrogens with zero attached hydrogens (tertiary/aromatic N) is 1. The van der Waals surface area contributed by atoms with Gasteiger partial charge in [-0.2, -0.15) is 0 Å². The molecule has 0 saturated carbocycles. The van der Waals surface area contributed by atoms with Gasteiger partial charge in [0.2, 0.25) is 0 Å². The van der Waals surface area contributed by atoms with E-state index in [1.165, 1.54) is 38.0 Å². The van der Waals surface area contributed by atoms with Crippen LogP contribution in [-0.2, 0) is 0 Å². The van der Waals surface area contributed by atoms with Crippen LogP contribution < -0.4 is 10.1 Å². The van der Waals surface area contributed by atoms with Crippen LogP contribution in [-0.4, -0.2) is 38.7 Å². The van der Waals surface area contributed by atoms with Crippen molar-refractivity contribution in [2.75, 3.05) is 33.8 Å². The summed E-state index contributed by atoms with van der Waals surface area (Å²) >= 11 is 0. The predicted octanol–water partition coefficient (Wildman–Crippen LogP) is 3.08. The van der Waals surface area contributed by atoms with Crippen molar-refractivity contribution in [2.24, 2.45) is 5.92 Å². The van der Waals surface area contributed by atoms with Crippen LogP contribution in [0.25, 0.3) is 0 Å². The molecule has 112 valence electrons. The van der Waals surface area contributed by atoms with E-state index in [0.29, 0.717) is 6.04 Å². The van der Waals surface area contributed by atoms with E-state index < -0.39 is 0 Å². The fourth-order valence-electron chi connectivity index (χ4n) is 3.24. The third-order valence-electron chi connectivity index (χ3n) is 4.36. The summed E-state index contributed by atoms with van der Waals surface area (Å²) in [5.74, 6) is 1.73. The van der Waals surface area contributed by atoms with Gasteiger partial charge < -0.3 is 10.1 Å². The van der Waals surface area contributed by atoms with Gasteiger partial charge in [-0.1, -0.05) is 19.1 Å². The average Bonchev–Trinajstić information content (AvgIpc) is 2.49. The molecule has 1 heterocycles. The maximum atomic E-state index is 5.24. The minimum Gasteiger partial charge on any atom is -0.497 e. The molecular weight excluding hydrogens is 248 g/mol. The summed E-state index contributed by atoms with van der Waals surface area (Å²) in [6, 6.07) is 9.02. The monoisotopic (exact) mass is 276 g/mol. The summed E-state index contributed by atoms with van der Waals surface area (Å²) < 4.78 is 5.24. The molecule has 0 aromatic heterocycles. The number of rotatable bonds is 6. The first-order chi connectivity index (χ1) is 9.74. The van der Waals surface area contributed by atoms with Gasteiger partial charge in [0.05, 0.1) is 7.11 Å². The van der Waals surface area contributed by atoms with Gasteiger partial charge in [-0.3, -0.25) is 4.90 Å². The van der Waals surface area contributed by atoms with Crippen LogP contribution in [0.3, 0.4) is 0 Å². The van der Waals surface area contributed by atoms with Gasteiger partial charge in [-0.05, 0) is 63.0 Å². The van der Waals surface area contributed by atoms with Crippen LogP contribution in [0.5, 0.6) is 5.75 Å². The largest absolute Gasteiger partial charge is 0.497 e. The Bertz CT molecular complexity index is 384. The molecule has 1 aliphatic rings. The van der Waals surface area contributed by atoms with E-state index in [-0.39, 0.29) is 0 Å². The summed E-state index contributed by atoms with van der Waals surface area (Å²) in [6.07, 6.45) is 3.82. The Morgan fingerprint density at radius 1 is 1.35 bits per heavy atom. The predicted molar refractivity (Wildman–Crippen MR) is 84.2 cm³/mol. The lowest BCUT2D eigenvalue weighted by Crippen LogP contribution is -2.38. The van der Waals surface area contributed by atoms with Crippen LogP contribution in [0.4, 0.5) is 0 Å². The molecule has 0 spiro atoms. The Kier molecular flexibility index (Phi) is 5.86. The van der Waals surface area contributed by atoms with Crippen molar-refractivity contribution in [2.45, 2.75) is 32.2 Å². The molecule has 20 heavy (non-hydrogen) atoms. The zero-order chi connectivity index (χ0) is 14.4. The number of hydrogen-bond donors (Lipinski definition) is 1. The highest BCUT2D eigenvalue weighted by Gasteiger charge is 2.20. The first-order valence-electron chi connectivity index (χ1n) is 7.79. The Morgan fingerprint density at radius 3 is 2.65 bits per heavy atom. The Morgan fingerprint density at radius 2 is 2.10 bits per heavy atom. The van der Waals surface area contributed by atoms with E-state index in [9.17, 15) is 0 Å². The summed E-state index contributed by atoms with van der Waals surface area (Å²) in [5, 5.41) is 3.51. The van der Waals surface area contributed by atoms with Crippen molar-refractivity contribution in [1.29, 1.82) is 0 Å². The summed E-state index contributed by atoms with van der Waals surface area (Å²) in [4.78, 5) is 2.51. The lowest BCUT2D eigenvalue weighted by atomic mass is 9.96. The number of methoxy groups -OCH3 is 1. The second-order valence-corrected chi connectivity index (χ2v) is 5.85.